The Morgan fingerprint density at radius 1 is 0.893 bits per heavy atom. The van der Waals surface area contributed by atoms with Gasteiger partial charge in [-0.2, -0.15) is 0 Å². The van der Waals surface area contributed by atoms with Crippen molar-refractivity contribution >= 4 is 22.7 Å². The number of pyridine rings is 1. The maximum absolute atomic E-state index is 9.69. The summed E-state index contributed by atoms with van der Waals surface area (Å²) < 4.78 is 5.57. The zero-order chi connectivity index (χ0) is 19.9. The fraction of sp³-hybridized carbons (Fsp3) is 0.174. The zero-order valence-corrected chi connectivity index (χ0v) is 16.4. The van der Waals surface area contributed by atoms with Gasteiger partial charge < -0.3 is 14.9 Å². The van der Waals surface area contributed by atoms with Crippen molar-refractivity contribution in [2.75, 3.05) is 12.5 Å². The summed E-state index contributed by atoms with van der Waals surface area (Å²) in [5.74, 6) is 1.54. The number of aromatic hydroxyl groups is 2. The Morgan fingerprint density at radius 2 is 1.50 bits per heavy atom. The lowest BCUT2D eigenvalue weighted by molar-refractivity contribution is 0.343. The molecule has 0 aliphatic rings. The topological polar surface area (TPSA) is 62.6 Å². The van der Waals surface area contributed by atoms with Crippen LogP contribution in [0.4, 0.5) is 0 Å². The van der Waals surface area contributed by atoms with E-state index in [4.69, 9.17) is 16.3 Å². The van der Waals surface area contributed by atoms with Gasteiger partial charge in [0.1, 0.15) is 23.9 Å². The molecule has 0 saturated carbocycles. The lowest BCUT2D eigenvalue weighted by Gasteiger charge is -2.16. The molecule has 2 aromatic carbocycles. The summed E-state index contributed by atoms with van der Waals surface area (Å²) in [6, 6.07) is 18.4. The van der Waals surface area contributed by atoms with E-state index in [9.17, 15) is 10.2 Å². The van der Waals surface area contributed by atoms with Gasteiger partial charge in [0.25, 0.3) is 0 Å². The fourth-order valence-electron chi connectivity index (χ4n) is 3.07. The average molecular weight is 396 g/mol. The van der Waals surface area contributed by atoms with Crippen molar-refractivity contribution in [3.8, 4) is 17.2 Å². The van der Waals surface area contributed by atoms with Crippen LogP contribution < -0.4 is 4.74 Å². The van der Waals surface area contributed by atoms with Crippen LogP contribution in [0.25, 0.3) is 11.1 Å². The van der Waals surface area contributed by atoms with Crippen molar-refractivity contribution in [3.05, 3.63) is 83.7 Å². The smallest absolute Gasteiger partial charge is 0.133 e. The highest BCUT2D eigenvalue weighted by atomic mass is 35.5. The molecule has 28 heavy (non-hydrogen) atoms. The lowest BCUT2D eigenvalue weighted by atomic mass is 9.90. The van der Waals surface area contributed by atoms with Crippen LogP contribution in [0.3, 0.4) is 0 Å². The fourth-order valence-corrected chi connectivity index (χ4v) is 3.15. The van der Waals surface area contributed by atoms with Crippen LogP contribution in [-0.2, 0) is 0 Å². The van der Waals surface area contributed by atoms with Gasteiger partial charge in [0.15, 0.2) is 0 Å². The third-order valence-electron chi connectivity index (χ3n) is 4.36. The minimum atomic E-state index is 0.131. The van der Waals surface area contributed by atoms with E-state index < -0.39 is 0 Å². The Hall–Kier alpha value is -2.98. The van der Waals surface area contributed by atoms with E-state index in [-0.39, 0.29) is 11.5 Å². The Kier molecular flexibility index (Phi) is 6.56. The first kappa shape index (κ1) is 19.8. The predicted octanol–water partition coefficient (Wildman–Crippen LogP) is 5.48. The Morgan fingerprint density at radius 3 is 2.04 bits per heavy atom. The van der Waals surface area contributed by atoms with Gasteiger partial charge in [-0.25, -0.2) is 0 Å². The molecule has 0 spiro atoms. The molecule has 3 aromatic rings. The van der Waals surface area contributed by atoms with Crippen LogP contribution in [0.15, 0.2) is 66.9 Å². The summed E-state index contributed by atoms with van der Waals surface area (Å²) in [7, 11) is 0. The number of benzene rings is 2. The van der Waals surface area contributed by atoms with Gasteiger partial charge in [0.05, 0.1) is 17.8 Å². The van der Waals surface area contributed by atoms with Gasteiger partial charge in [-0.3, -0.25) is 4.98 Å². The number of hydrogen-bond acceptors (Lipinski definition) is 4. The largest absolute Gasteiger partial charge is 0.508 e. The number of phenolic OH excluding ortho intramolecular Hbond substituents is 1. The molecule has 0 fully saturated rings. The summed E-state index contributed by atoms with van der Waals surface area (Å²) >= 11 is 5.69. The second-order valence-electron chi connectivity index (χ2n) is 6.22. The van der Waals surface area contributed by atoms with E-state index >= 15 is 0 Å². The van der Waals surface area contributed by atoms with Crippen molar-refractivity contribution in [1.82, 2.24) is 4.98 Å². The lowest BCUT2D eigenvalue weighted by Crippen LogP contribution is -1.99. The number of nitrogens with zero attached hydrogens (tertiary/aromatic N) is 1. The molecule has 2 N–H and O–H groups in total. The molecule has 0 atom stereocenters. The van der Waals surface area contributed by atoms with Crippen molar-refractivity contribution in [2.24, 2.45) is 0 Å². The van der Waals surface area contributed by atoms with Gasteiger partial charge in [-0.05, 0) is 65.1 Å². The highest BCUT2D eigenvalue weighted by Gasteiger charge is 2.14. The zero-order valence-electron chi connectivity index (χ0n) is 15.6. The molecule has 4 nitrogen and oxygen atoms in total. The van der Waals surface area contributed by atoms with E-state index in [1.54, 1.807) is 18.2 Å². The van der Waals surface area contributed by atoms with E-state index in [0.29, 0.717) is 12.5 Å². The molecule has 0 saturated heterocycles. The third-order valence-corrected chi connectivity index (χ3v) is 4.51. The van der Waals surface area contributed by atoms with E-state index in [2.05, 4.69) is 11.9 Å². The average Bonchev–Trinajstić information content (AvgIpc) is 2.73. The molecule has 1 aromatic heterocycles. The third kappa shape index (κ3) is 4.65. The number of aromatic nitrogens is 1. The second kappa shape index (κ2) is 9.29. The minimum absolute atomic E-state index is 0.131. The number of halogens is 1. The molecule has 3 rings (SSSR count). The van der Waals surface area contributed by atoms with E-state index in [0.717, 1.165) is 40.1 Å². The molecule has 0 aliphatic heterocycles. The number of ether oxygens (including phenoxy) is 1. The van der Waals surface area contributed by atoms with Crippen LogP contribution in [-0.4, -0.2) is 27.7 Å². The first-order chi connectivity index (χ1) is 13.6. The van der Waals surface area contributed by atoms with Gasteiger partial charge in [-0.1, -0.05) is 31.2 Å². The monoisotopic (exact) mass is 395 g/mol. The Labute approximate surface area is 169 Å². The number of hydrogen-bond donors (Lipinski definition) is 2. The van der Waals surface area contributed by atoms with Gasteiger partial charge in [-0.15, -0.1) is 11.6 Å². The molecule has 5 heteroatoms. The van der Waals surface area contributed by atoms with Crippen LogP contribution in [0.1, 0.15) is 30.2 Å². The van der Waals surface area contributed by atoms with Crippen molar-refractivity contribution in [2.45, 2.75) is 13.3 Å². The molecule has 0 radical (unpaired) electrons. The van der Waals surface area contributed by atoms with Crippen molar-refractivity contribution < 1.29 is 14.9 Å². The molecule has 0 aliphatic carbocycles. The van der Waals surface area contributed by atoms with E-state index in [1.165, 1.54) is 6.20 Å². The van der Waals surface area contributed by atoms with Gasteiger partial charge >= 0.3 is 0 Å². The van der Waals surface area contributed by atoms with Crippen LogP contribution in [0, 0.1) is 0 Å². The summed E-state index contributed by atoms with van der Waals surface area (Å²) in [6.07, 6.45) is 2.20. The quantitative estimate of drug-likeness (QED) is 0.520. The predicted molar refractivity (Wildman–Crippen MR) is 113 cm³/mol. The summed E-state index contributed by atoms with van der Waals surface area (Å²) in [4.78, 5) is 4.40. The summed E-state index contributed by atoms with van der Waals surface area (Å²) in [5, 5.41) is 19.3. The molecular weight excluding hydrogens is 374 g/mol. The SMILES string of the molecule is CC/C(=C(\c1ccc(O)cc1)c1ccc(OCCCl)cc1)c1ccc(O)cn1. The maximum Gasteiger partial charge on any atom is 0.133 e. The highest BCUT2D eigenvalue weighted by Crippen LogP contribution is 2.35. The van der Waals surface area contributed by atoms with Crippen LogP contribution >= 0.6 is 11.6 Å². The summed E-state index contributed by atoms with van der Waals surface area (Å²) in [6.45, 7) is 2.53. The molecular formula is C23H22ClNO3. The van der Waals surface area contributed by atoms with Crippen LogP contribution in [0.5, 0.6) is 17.2 Å². The molecule has 0 amide bonds. The Bertz CT molecular complexity index is 933. The maximum atomic E-state index is 9.69. The summed E-state index contributed by atoms with van der Waals surface area (Å²) in [5.41, 5.74) is 4.84. The molecule has 1 heterocycles. The molecule has 0 unspecified atom stereocenters. The van der Waals surface area contributed by atoms with Crippen molar-refractivity contribution in [1.29, 1.82) is 0 Å². The van der Waals surface area contributed by atoms with Gasteiger partial charge in [0, 0.05) is 0 Å². The van der Waals surface area contributed by atoms with Crippen LogP contribution in [0.2, 0.25) is 0 Å². The molecule has 0 bridgehead atoms. The van der Waals surface area contributed by atoms with Gasteiger partial charge in [0.2, 0.25) is 0 Å². The van der Waals surface area contributed by atoms with Crippen molar-refractivity contribution in [3.63, 3.8) is 0 Å². The standard InChI is InChI=1S/C23H22ClNO3/c1-2-21(22-12-9-19(27)15-25-22)23(16-3-7-18(26)8-4-16)17-5-10-20(11-6-17)28-14-13-24/h3-12,15,26-27H,2,13-14H2,1H3/b23-21-. The minimum Gasteiger partial charge on any atom is -0.508 e. The number of alkyl halides is 1. The Balaban J connectivity index is 2.13. The number of allylic oxidation sites excluding steroid dienone is 1. The second-order valence-corrected chi connectivity index (χ2v) is 6.60. The normalized spacial score (nSPS) is 11.8. The van der Waals surface area contributed by atoms with E-state index in [1.807, 2.05) is 42.5 Å². The number of rotatable bonds is 7. The first-order valence-electron chi connectivity index (χ1n) is 9.09. The number of phenols is 1. The highest BCUT2D eigenvalue weighted by molar-refractivity contribution is 6.18. The molecule has 144 valence electrons. The first-order valence-corrected chi connectivity index (χ1v) is 9.63.